The first-order valence-electron chi connectivity index (χ1n) is 8.27. The van der Waals surface area contributed by atoms with Gasteiger partial charge in [-0.05, 0) is 37.0 Å². The Balaban J connectivity index is 1.61. The molecule has 122 valence electrons. The van der Waals surface area contributed by atoms with Crippen molar-refractivity contribution in [2.75, 3.05) is 5.73 Å². The van der Waals surface area contributed by atoms with E-state index < -0.39 is 0 Å². The van der Waals surface area contributed by atoms with E-state index in [2.05, 4.69) is 22.2 Å². The third kappa shape index (κ3) is 4.42. The van der Waals surface area contributed by atoms with Crippen molar-refractivity contribution in [3.63, 3.8) is 0 Å². The van der Waals surface area contributed by atoms with E-state index in [1.807, 2.05) is 25.3 Å². The van der Waals surface area contributed by atoms with Gasteiger partial charge in [-0.15, -0.1) is 0 Å². The fourth-order valence-corrected chi connectivity index (χ4v) is 2.93. The number of hydrogen-bond donors (Lipinski definition) is 1. The molecule has 0 spiro atoms. The van der Waals surface area contributed by atoms with Crippen molar-refractivity contribution in [2.45, 2.75) is 51.7 Å². The highest BCUT2D eigenvalue weighted by molar-refractivity contribution is 5.79. The topological polar surface area (TPSA) is 65.4 Å². The molecule has 1 aliphatic rings. The summed E-state index contributed by atoms with van der Waals surface area (Å²) in [7, 11) is 0. The number of benzene rings is 1. The Morgan fingerprint density at radius 3 is 2.91 bits per heavy atom. The summed E-state index contributed by atoms with van der Waals surface area (Å²) in [5.74, 6) is 0.399. The van der Waals surface area contributed by atoms with Gasteiger partial charge in [0.25, 0.3) is 0 Å². The number of rotatable bonds is 5. The lowest BCUT2D eigenvalue weighted by Gasteiger charge is -2.22. The van der Waals surface area contributed by atoms with E-state index in [0.29, 0.717) is 18.7 Å². The number of anilines is 1. The van der Waals surface area contributed by atoms with Gasteiger partial charge in [0.2, 0.25) is 5.95 Å². The zero-order valence-corrected chi connectivity index (χ0v) is 13.6. The summed E-state index contributed by atoms with van der Waals surface area (Å²) in [4.78, 5) is 4.13. The second-order valence-corrected chi connectivity index (χ2v) is 6.15. The molecule has 2 aromatic rings. The lowest BCUT2D eigenvalue weighted by molar-refractivity contribution is 0.0169. The van der Waals surface area contributed by atoms with E-state index in [-0.39, 0.29) is 0 Å². The first kappa shape index (κ1) is 15.7. The zero-order chi connectivity index (χ0) is 16.1. The van der Waals surface area contributed by atoms with E-state index in [9.17, 15) is 0 Å². The fraction of sp³-hybridized carbons (Fsp3) is 0.444. The average molecular weight is 312 g/mol. The van der Waals surface area contributed by atoms with Crippen molar-refractivity contribution in [3.05, 3.63) is 47.3 Å². The van der Waals surface area contributed by atoms with Gasteiger partial charge in [0.05, 0.1) is 30.8 Å². The Morgan fingerprint density at radius 1 is 1.35 bits per heavy atom. The molecule has 1 saturated carbocycles. The molecule has 0 bridgehead atoms. The number of nitrogen functional groups attached to an aromatic ring is 1. The standard InChI is InChI=1S/C18H24N4O/c1-14-12-22(18(19)21-14)20-11-15-6-5-7-16(10-15)13-23-17-8-3-2-4-9-17/h5-7,10-12,17H,2-4,8-9,13H2,1H3,(H2,19,21). The fourth-order valence-electron chi connectivity index (χ4n) is 2.93. The third-order valence-electron chi connectivity index (χ3n) is 4.15. The summed E-state index contributed by atoms with van der Waals surface area (Å²) < 4.78 is 7.61. The summed E-state index contributed by atoms with van der Waals surface area (Å²) in [6.07, 6.45) is 10.4. The molecule has 0 saturated heterocycles. The molecule has 1 heterocycles. The second kappa shape index (κ2) is 7.42. The molecule has 3 rings (SSSR count). The Labute approximate surface area is 137 Å². The number of hydrogen-bond acceptors (Lipinski definition) is 4. The van der Waals surface area contributed by atoms with Crippen LogP contribution in [0.25, 0.3) is 0 Å². The molecule has 0 unspecified atom stereocenters. The largest absolute Gasteiger partial charge is 0.374 e. The second-order valence-electron chi connectivity index (χ2n) is 6.15. The lowest BCUT2D eigenvalue weighted by Crippen LogP contribution is -2.16. The molecular formula is C18H24N4O. The van der Waals surface area contributed by atoms with Gasteiger partial charge in [0, 0.05) is 0 Å². The molecule has 0 atom stereocenters. The first-order valence-corrected chi connectivity index (χ1v) is 8.27. The van der Waals surface area contributed by atoms with Crippen LogP contribution in [0.4, 0.5) is 5.95 Å². The van der Waals surface area contributed by atoms with Crippen LogP contribution < -0.4 is 5.73 Å². The normalized spacial score (nSPS) is 16.2. The highest BCUT2D eigenvalue weighted by Crippen LogP contribution is 2.21. The van der Waals surface area contributed by atoms with Crippen LogP contribution in [0.3, 0.4) is 0 Å². The average Bonchev–Trinajstić information content (AvgIpc) is 2.90. The minimum Gasteiger partial charge on any atom is -0.374 e. The maximum Gasteiger partial charge on any atom is 0.221 e. The van der Waals surface area contributed by atoms with Crippen LogP contribution in [0.2, 0.25) is 0 Å². The van der Waals surface area contributed by atoms with Crippen LogP contribution in [0, 0.1) is 6.92 Å². The van der Waals surface area contributed by atoms with Crippen LogP contribution in [-0.4, -0.2) is 22.0 Å². The number of imidazole rings is 1. The first-order chi connectivity index (χ1) is 11.2. The third-order valence-corrected chi connectivity index (χ3v) is 4.15. The molecule has 0 radical (unpaired) electrons. The summed E-state index contributed by atoms with van der Waals surface area (Å²) in [6, 6.07) is 8.25. The molecule has 1 aromatic heterocycles. The van der Waals surface area contributed by atoms with Gasteiger partial charge in [-0.3, -0.25) is 0 Å². The summed E-state index contributed by atoms with van der Waals surface area (Å²) in [6.45, 7) is 2.56. The van der Waals surface area contributed by atoms with E-state index in [0.717, 1.165) is 11.3 Å². The number of nitrogens with two attached hydrogens (primary N) is 1. The number of ether oxygens (including phenoxy) is 1. The Kier molecular flexibility index (Phi) is 5.08. The molecule has 1 fully saturated rings. The van der Waals surface area contributed by atoms with E-state index in [1.54, 1.807) is 10.9 Å². The summed E-state index contributed by atoms with van der Waals surface area (Å²) >= 11 is 0. The molecule has 2 N–H and O–H groups in total. The molecule has 23 heavy (non-hydrogen) atoms. The van der Waals surface area contributed by atoms with E-state index >= 15 is 0 Å². The van der Waals surface area contributed by atoms with Crippen molar-refractivity contribution >= 4 is 12.2 Å². The van der Waals surface area contributed by atoms with Gasteiger partial charge in [-0.2, -0.15) is 5.10 Å². The number of aromatic nitrogens is 2. The van der Waals surface area contributed by atoms with Crippen LogP contribution in [0.15, 0.2) is 35.6 Å². The predicted octanol–water partition coefficient (Wildman–Crippen LogP) is 3.51. The molecular weight excluding hydrogens is 288 g/mol. The minimum absolute atomic E-state index is 0.399. The molecule has 5 heteroatoms. The van der Waals surface area contributed by atoms with Crippen molar-refractivity contribution in [1.29, 1.82) is 0 Å². The van der Waals surface area contributed by atoms with Gasteiger partial charge in [0.1, 0.15) is 0 Å². The van der Waals surface area contributed by atoms with Gasteiger partial charge in [0.15, 0.2) is 0 Å². The van der Waals surface area contributed by atoms with Crippen molar-refractivity contribution < 1.29 is 4.74 Å². The molecule has 1 aliphatic carbocycles. The Morgan fingerprint density at radius 2 is 2.17 bits per heavy atom. The predicted molar refractivity (Wildman–Crippen MR) is 92.5 cm³/mol. The van der Waals surface area contributed by atoms with Crippen molar-refractivity contribution in [1.82, 2.24) is 9.66 Å². The smallest absolute Gasteiger partial charge is 0.221 e. The lowest BCUT2D eigenvalue weighted by atomic mass is 9.98. The summed E-state index contributed by atoms with van der Waals surface area (Å²) in [5.41, 5.74) is 8.84. The SMILES string of the molecule is Cc1cn(N=Cc2cccc(COC3CCCCC3)c2)c(N)n1. The van der Waals surface area contributed by atoms with Gasteiger partial charge >= 0.3 is 0 Å². The van der Waals surface area contributed by atoms with Crippen LogP contribution in [0.5, 0.6) is 0 Å². The van der Waals surface area contributed by atoms with E-state index in [1.165, 1.54) is 37.7 Å². The maximum atomic E-state index is 6.03. The molecule has 0 aliphatic heterocycles. The van der Waals surface area contributed by atoms with Crippen molar-refractivity contribution in [2.24, 2.45) is 5.10 Å². The Bertz CT molecular complexity index is 671. The monoisotopic (exact) mass is 312 g/mol. The van der Waals surface area contributed by atoms with Gasteiger partial charge < -0.3 is 10.5 Å². The quantitative estimate of drug-likeness (QED) is 0.859. The molecule has 1 aromatic carbocycles. The minimum atomic E-state index is 0.399. The molecule has 0 amide bonds. The molecule has 5 nitrogen and oxygen atoms in total. The maximum absolute atomic E-state index is 6.03. The van der Waals surface area contributed by atoms with E-state index in [4.69, 9.17) is 10.5 Å². The number of aryl methyl sites for hydroxylation is 1. The van der Waals surface area contributed by atoms with Gasteiger partial charge in [-0.1, -0.05) is 37.5 Å². The van der Waals surface area contributed by atoms with Gasteiger partial charge in [-0.25, -0.2) is 9.66 Å². The van der Waals surface area contributed by atoms with Crippen LogP contribution >= 0.6 is 0 Å². The van der Waals surface area contributed by atoms with Crippen LogP contribution in [-0.2, 0) is 11.3 Å². The summed E-state index contributed by atoms with van der Waals surface area (Å²) in [5, 5.41) is 4.35. The zero-order valence-electron chi connectivity index (χ0n) is 13.6. The highest BCUT2D eigenvalue weighted by Gasteiger charge is 2.13. The van der Waals surface area contributed by atoms with Crippen LogP contribution in [0.1, 0.15) is 48.9 Å². The highest BCUT2D eigenvalue weighted by atomic mass is 16.5. The Hall–Kier alpha value is -2.14. The van der Waals surface area contributed by atoms with Crippen molar-refractivity contribution in [3.8, 4) is 0 Å². The number of nitrogens with zero attached hydrogens (tertiary/aromatic N) is 3.